The van der Waals surface area contributed by atoms with E-state index in [-0.39, 0.29) is 11.7 Å². The normalized spacial score (nSPS) is 10.2. The lowest BCUT2D eigenvalue weighted by Crippen LogP contribution is -2.30. The predicted octanol–water partition coefficient (Wildman–Crippen LogP) is 3.55. The Morgan fingerprint density at radius 2 is 1.79 bits per heavy atom. The summed E-state index contributed by atoms with van der Waals surface area (Å²) in [5.74, 6) is -0.491. The number of nitrogens with one attached hydrogen (secondary N) is 2. The third-order valence-electron chi connectivity index (χ3n) is 3.89. The van der Waals surface area contributed by atoms with Crippen molar-refractivity contribution in [1.29, 1.82) is 0 Å². The molecule has 9 heteroatoms. The lowest BCUT2D eigenvalue weighted by atomic mass is 10.1. The molecule has 0 aliphatic rings. The highest BCUT2D eigenvalue weighted by molar-refractivity contribution is 5.96. The minimum atomic E-state index is -0.675. The number of hydrazine groups is 1. The van der Waals surface area contributed by atoms with Gasteiger partial charge in [0.15, 0.2) is 0 Å². The van der Waals surface area contributed by atoms with Crippen LogP contribution in [-0.2, 0) is 0 Å². The highest BCUT2D eigenvalue weighted by Gasteiger charge is 2.25. The van der Waals surface area contributed by atoms with Crippen LogP contribution in [0.25, 0.3) is 0 Å². The van der Waals surface area contributed by atoms with E-state index in [0.717, 1.165) is 17.5 Å². The number of ether oxygens (including phenoxy) is 1. The lowest BCUT2D eigenvalue weighted by molar-refractivity contribution is -0.385. The quantitative estimate of drug-likeness (QED) is 0.496. The van der Waals surface area contributed by atoms with Crippen LogP contribution in [0.2, 0.25) is 0 Å². The fourth-order valence-electron chi connectivity index (χ4n) is 2.42. The van der Waals surface area contributed by atoms with Crippen molar-refractivity contribution >= 4 is 17.4 Å². The van der Waals surface area contributed by atoms with Crippen molar-refractivity contribution in [3.63, 3.8) is 0 Å². The molecule has 3 rings (SSSR count). The van der Waals surface area contributed by atoms with Crippen molar-refractivity contribution < 1.29 is 14.5 Å². The molecule has 3 aromatic rings. The summed E-state index contributed by atoms with van der Waals surface area (Å²) < 4.78 is 5.53. The molecular weight excluding hydrogens is 362 g/mol. The first kappa shape index (κ1) is 18.8. The van der Waals surface area contributed by atoms with E-state index in [1.807, 2.05) is 25.1 Å². The van der Waals surface area contributed by atoms with Gasteiger partial charge in [0.2, 0.25) is 5.82 Å². The Morgan fingerprint density at radius 1 is 1.07 bits per heavy atom. The number of carbonyl (C=O) groups is 1. The zero-order chi connectivity index (χ0) is 20.1. The summed E-state index contributed by atoms with van der Waals surface area (Å²) in [5.41, 5.74) is 6.62. The summed E-state index contributed by atoms with van der Waals surface area (Å²) in [6, 6.07) is 13.9. The number of rotatable bonds is 6. The summed E-state index contributed by atoms with van der Waals surface area (Å²) in [6.45, 7) is 3.70. The van der Waals surface area contributed by atoms with Crippen molar-refractivity contribution in [1.82, 2.24) is 15.4 Å². The number of benzene rings is 2. The van der Waals surface area contributed by atoms with Gasteiger partial charge in [-0.25, -0.2) is 4.98 Å². The van der Waals surface area contributed by atoms with Crippen molar-refractivity contribution in [3.05, 3.63) is 81.7 Å². The van der Waals surface area contributed by atoms with E-state index >= 15 is 0 Å². The number of hydrogen-bond acceptors (Lipinski definition) is 7. The second-order valence-corrected chi connectivity index (χ2v) is 5.94. The van der Waals surface area contributed by atoms with E-state index in [2.05, 4.69) is 20.8 Å². The number of nitro groups is 1. The molecule has 1 aromatic heterocycles. The fraction of sp³-hybridized carbons (Fsp3) is 0.105. The Labute approximate surface area is 160 Å². The standard InChI is InChI=1S/C19H17N5O4/c1-12-7-9-14(10-8-12)28-19-16(24(26)27)17(20-11-21-19)22-23-18(25)15-6-4-3-5-13(15)2/h3-11H,1-2H3,(H,23,25)(H,20,21,22). The number of anilines is 1. The number of amides is 1. The van der Waals surface area contributed by atoms with E-state index in [1.54, 1.807) is 37.3 Å². The SMILES string of the molecule is Cc1ccc(Oc2ncnc(NNC(=O)c3ccccc3C)c2[N+](=O)[O-])cc1. The van der Waals surface area contributed by atoms with Crippen LogP contribution >= 0.6 is 0 Å². The number of nitrogens with zero attached hydrogens (tertiary/aromatic N) is 3. The monoisotopic (exact) mass is 379 g/mol. The van der Waals surface area contributed by atoms with Crippen LogP contribution in [0, 0.1) is 24.0 Å². The van der Waals surface area contributed by atoms with E-state index in [0.29, 0.717) is 11.3 Å². The number of hydrogen-bond donors (Lipinski definition) is 2. The van der Waals surface area contributed by atoms with Gasteiger partial charge in [-0.2, -0.15) is 4.98 Å². The molecule has 0 aliphatic heterocycles. The topological polar surface area (TPSA) is 119 Å². The molecule has 2 aromatic carbocycles. The van der Waals surface area contributed by atoms with Gasteiger partial charge in [0.25, 0.3) is 5.91 Å². The summed E-state index contributed by atoms with van der Waals surface area (Å²) in [7, 11) is 0. The number of carbonyl (C=O) groups excluding carboxylic acids is 1. The zero-order valence-electron chi connectivity index (χ0n) is 15.2. The van der Waals surface area contributed by atoms with Crippen LogP contribution in [0.1, 0.15) is 21.5 Å². The van der Waals surface area contributed by atoms with Gasteiger partial charge in [0, 0.05) is 5.56 Å². The average Bonchev–Trinajstić information content (AvgIpc) is 2.68. The first-order chi connectivity index (χ1) is 13.5. The van der Waals surface area contributed by atoms with Gasteiger partial charge in [-0.15, -0.1) is 0 Å². The molecule has 0 atom stereocenters. The molecule has 0 saturated carbocycles. The fourth-order valence-corrected chi connectivity index (χ4v) is 2.42. The molecule has 2 N–H and O–H groups in total. The van der Waals surface area contributed by atoms with Gasteiger partial charge in [0.1, 0.15) is 12.1 Å². The van der Waals surface area contributed by atoms with Crippen LogP contribution in [0.3, 0.4) is 0 Å². The third kappa shape index (κ3) is 4.21. The minimum Gasteiger partial charge on any atom is -0.434 e. The van der Waals surface area contributed by atoms with Crippen LogP contribution in [-0.4, -0.2) is 20.8 Å². The highest BCUT2D eigenvalue weighted by atomic mass is 16.6. The van der Waals surface area contributed by atoms with Crippen LogP contribution in [0.15, 0.2) is 54.9 Å². The van der Waals surface area contributed by atoms with Crippen LogP contribution in [0.5, 0.6) is 11.6 Å². The molecular formula is C19H17N5O4. The summed E-state index contributed by atoms with van der Waals surface area (Å²) in [5, 5.41) is 11.5. The Balaban J connectivity index is 1.83. The molecule has 1 heterocycles. The molecule has 0 spiro atoms. The first-order valence-corrected chi connectivity index (χ1v) is 8.31. The van der Waals surface area contributed by atoms with Gasteiger partial charge in [-0.1, -0.05) is 35.9 Å². The van der Waals surface area contributed by atoms with E-state index in [9.17, 15) is 14.9 Å². The second-order valence-electron chi connectivity index (χ2n) is 5.94. The first-order valence-electron chi connectivity index (χ1n) is 8.31. The van der Waals surface area contributed by atoms with E-state index in [1.165, 1.54) is 0 Å². The molecule has 142 valence electrons. The molecule has 0 unspecified atom stereocenters. The Morgan fingerprint density at radius 3 is 2.46 bits per heavy atom. The Kier molecular flexibility index (Phi) is 5.45. The molecule has 28 heavy (non-hydrogen) atoms. The Bertz CT molecular complexity index is 1020. The lowest BCUT2D eigenvalue weighted by Gasteiger charge is -2.11. The van der Waals surface area contributed by atoms with Gasteiger partial charge in [-0.05, 0) is 37.6 Å². The van der Waals surface area contributed by atoms with Crippen molar-refractivity contribution in [3.8, 4) is 11.6 Å². The third-order valence-corrected chi connectivity index (χ3v) is 3.89. The predicted molar refractivity (Wildman–Crippen MR) is 102 cm³/mol. The summed E-state index contributed by atoms with van der Waals surface area (Å²) >= 11 is 0. The van der Waals surface area contributed by atoms with Crippen molar-refractivity contribution in [2.45, 2.75) is 13.8 Å². The molecule has 1 amide bonds. The zero-order valence-corrected chi connectivity index (χ0v) is 15.2. The molecule has 0 bridgehead atoms. The van der Waals surface area contributed by atoms with Crippen molar-refractivity contribution in [2.75, 3.05) is 5.43 Å². The van der Waals surface area contributed by atoms with E-state index in [4.69, 9.17) is 4.74 Å². The van der Waals surface area contributed by atoms with Gasteiger partial charge in [0.05, 0.1) is 4.92 Å². The average molecular weight is 379 g/mol. The Hall–Kier alpha value is -4.01. The smallest absolute Gasteiger partial charge is 0.374 e. The largest absolute Gasteiger partial charge is 0.434 e. The van der Waals surface area contributed by atoms with Crippen LogP contribution in [0.4, 0.5) is 11.5 Å². The number of aromatic nitrogens is 2. The molecule has 9 nitrogen and oxygen atoms in total. The van der Waals surface area contributed by atoms with Gasteiger partial charge >= 0.3 is 11.6 Å². The highest BCUT2D eigenvalue weighted by Crippen LogP contribution is 2.33. The van der Waals surface area contributed by atoms with Crippen LogP contribution < -0.4 is 15.6 Å². The molecule has 0 radical (unpaired) electrons. The maximum absolute atomic E-state index is 12.3. The molecule has 0 saturated heterocycles. The summed E-state index contributed by atoms with van der Waals surface area (Å²) in [6.07, 6.45) is 1.11. The molecule has 0 fully saturated rings. The minimum absolute atomic E-state index is 0.191. The van der Waals surface area contributed by atoms with E-state index < -0.39 is 16.5 Å². The number of aryl methyl sites for hydroxylation is 2. The van der Waals surface area contributed by atoms with Gasteiger partial charge < -0.3 is 4.74 Å². The second kappa shape index (κ2) is 8.12. The maximum Gasteiger partial charge on any atom is 0.374 e. The van der Waals surface area contributed by atoms with Gasteiger partial charge in [-0.3, -0.25) is 25.8 Å². The summed E-state index contributed by atoms with van der Waals surface area (Å²) in [4.78, 5) is 30.9. The molecule has 0 aliphatic carbocycles. The van der Waals surface area contributed by atoms with Crippen molar-refractivity contribution in [2.24, 2.45) is 0 Å². The maximum atomic E-state index is 12.3.